The first kappa shape index (κ1) is 14.9. The second-order valence-electron chi connectivity index (χ2n) is 6.03. The van der Waals surface area contributed by atoms with Gasteiger partial charge >= 0.3 is 0 Å². The van der Waals surface area contributed by atoms with Gasteiger partial charge in [-0.15, -0.1) is 0 Å². The van der Waals surface area contributed by atoms with E-state index in [1.165, 1.54) is 6.42 Å². The van der Waals surface area contributed by atoms with Crippen LogP contribution in [0.4, 0.5) is 0 Å². The first-order valence-electron chi connectivity index (χ1n) is 7.06. The van der Waals surface area contributed by atoms with Crippen LogP contribution in [0.1, 0.15) is 59.3 Å². The molecule has 0 heterocycles. The van der Waals surface area contributed by atoms with Crippen LogP contribution in [0.15, 0.2) is 0 Å². The minimum atomic E-state index is -0.656. The van der Waals surface area contributed by atoms with Crippen LogP contribution >= 0.6 is 0 Å². The fraction of sp³-hybridized carbons (Fsp3) is 1.00. The van der Waals surface area contributed by atoms with Gasteiger partial charge in [0.1, 0.15) is 0 Å². The molecule has 3 nitrogen and oxygen atoms in total. The lowest BCUT2D eigenvalue weighted by atomic mass is 9.78. The zero-order chi connectivity index (χ0) is 12.9. The van der Waals surface area contributed by atoms with E-state index >= 15 is 0 Å². The van der Waals surface area contributed by atoms with Crippen molar-refractivity contribution in [3.05, 3.63) is 0 Å². The van der Waals surface area contributed by atoms with Gasteiger partial charge in [0.2, 0.25) is 0 Å². The second-order valence-corrected chi connectivity index (χ2v) is 6.03. The highest BCUT2D eigenvalue weighted by atomic mass is 16.3. The Morgan fingerprint density at radius 1 is 1.29 bits per heavy atom. The predicted octanol–water partition coefficient (Wildman–Crippen LogP) is 2.07. The maximum atomic E-state index is 10.4. The summed E-state index contributed by atoms with van der Waals surface area (Å²) in [5.41, 5.74) is -1.20. The average Bonchev–Trinajstić information content (AvgIpc) is 2.30. The third kappa shape index (κ3) is 4.94. The van der Waals surface area contributed by atoms with Gasteiger partial charge in [-0.25, -0.2) is 0 Å². The van der Waals surface area contributed by atoms with Crippen LogP contribution in [0.25, 0.3) is 0 Å². The Bertz CT molecular complexity index is 220. The number of nitrogens with one attached hydrogen (secondary N) is 1. The third-order valence-corrected chi connectivity index (χ3v) is 4.33. The summed E-state index contributed by atoms with van der Waals surface area (Å²) in [6.45, 7) is 7.20. The normalized spacial score (nSPS) is 33.4. The van der Waals surface area contributed by atoms with Gasteiger partial charge < -0.3 is 15.5 Å². The van der Waals surface area contributed by atoms with E-state index in [4.69, 9.17) is 0 Å². The summed E-state index contributed by atoms with van der Waals surface area (Å²) in [6, 6.07) is 0. The van der Waals surface area contributed by atoms with Crippen LogP contribution in [-0.4, -0.2) is 34.5 Å². The minimum absolute atomic E-state index is 0.546. The molecule has 102 valence electrons. The molecule has 0 aromatic carbocycles. The van der Waals surface area contributed by atoms with Crippen molar-refractivity contribution in [2.45, 2.75) is 70.5 Å². The van der Waals surface area contributed by atoms with Crippen molar-refractivity contribution < 1.29 is 10.2 Å². The van der Waals surface area contributed by atoms with Crippen molar-refractivity contribution in [3.63, 3.8) is 0 Å². The summed E-state index contributed by atoms with van der Waals surface area (Å²) >= 11 is 0. The SMILES string of the molecule is CCC1CCC(O)(CNCC(C)(O)CC)CC1. The third-order valence-electron chi connectivity index (χ3n) is 4.33. The molecule has 1 atom stereocenters. The molecule has 1 aliphatic rings. The molecule has 0 aliphatic heterocycles. The molecule has 0 aromatic rings. The minimum Gasteiger partial charge on any atom is -0.389 e. The Kier molecular flexibility index (Phi) is 5.42. The number of hydrogen-bond donors (Lipinski definition) is 3. The van der Waals surface area contributed by atoms with Crippen molar-refractivity contribution in [3.8, 4) is 0 Å². The zero-order valence-electron chi connectivity index (χ0n) is 11.6. The lowest BCUT2D eigenvalue weighted by molar-refractivity contribution is -0.0156. The topological polar surface area (TPSA) is 52.5 Å². The fourth-order valence-corrected chi connectivity index (χ4v) is 2.49. The second kappa shape index (κ2) is 6.17. The van der Waals surface area contributed by atoms with E-state index in [2.05, 4.69) is 12.2 Å². The summed E-state index contributed by atoms with van der Waals surface area (Å²) in [5, 5.41) is 23.5. The van der Waals surface area contributed by atoms with Gasteiger partial charge in [-0.3, -0.25) is 0 Å². The number of hydrogen-bond acceptors (Lipinski definition) is 3. The highest BCUT2D eigenvalue weighted by Crippen LogP contribution is 2.33. The predicted molar refractivity (Wildman–Crippen MR) is 71.0 cm³/mol. The molecule has 1 aliphatic carbocycles. The van der Waals surface area contributed by atoms with Gasteiger partial charge in [-0.05, 0) is 44.9 Å². The van der Waals surface area contributed by atoms with Crippen LogP contribution < -0.4 is 5.32 Å². The molecule has 17 heavy (non-hydrogen) atoms. The van der Waals surface area contributed by atoms with Gasteiger partial charge in [0.15, 0.2) is 0 Å². The number of rotatable bonds is 6. The molecule has 1 rings (SSSR count). The molecule has 0 amide bonds. The molecular weight excluding hydrogens is 214 g/mol. The van der Waals surface area contributed by atoms with Crippen molar-refractivity contribution in [1.82, 2.24) is 5.32 Å². The zero-order valence-corrected chi connectivity index (χ0v) is 11.6. The maximum Gasteiger partial charge on any atom is 0.0771 e. The summed E-state index contributed by atoms with van der Waals surface area (Å²) in [7, 11) is 0. The van der Waals surface area contributed by atoms with Gasteiger partial charge in [0.25, 0.3) is 0 Å². The van der Waals surface area contributed by atoms with Crippen LogP contribution in [0.5, 0.6) is 0 Å². The summed E-state index contributed by atoms with van der Waals surface area (Å²) in [5.74, 6) is 0.800. The largest absolute Gasteiger partial charge is 0.389 e. The molecular formula is C14H29NO2. The van der Waals surface area contributed by atoms with Gasteiger partial charge in [0, 0.05) is 13.1 Å². The monoisotopic (exact) mass is 243 g/mol. The molecule has 3 heteroatoms. The highest BCUT2D eigenvalue weighted by Gasteiger charge is 2.32. The van der Waals surface area contributed by atoms with Crippen molar-refractivity contribution in [1.29, 1.82) is 0 Å². The van der Waals surface area contributed by atoms with Gasteiger partial charge in [0.05, 0.1) is 11.2 Å². The van der Waals surface area contributed by atoms with Crippen molar-refractivity contribution in [2.24, 2.45) is 5.92 Å². The fourth-order valence-electron chi connectivity index (χ4n) is 2.49. The van der Waals surface area contributed by atoms with E-state index in [9.17, 15) is 10.2 Å². The standard InChI is InChI=1S/C14H29NO2/c1-4-12-6-8-14(17,9-7-12)11-15-10-13(3,16)5-2/h12,15-17H,4-11H2,1-3H3. The van der Waals surface area contributed by atoms with Gasteiger partial charge in [-0.2, -0.15) is 0 Å². The Morgan fingerprint density at radius 2 is 1.88 bits per heavy atom. The Balaban J connectivity index is 2.27. The number of aliphatic hydroxyl groups is 2. The lowest BCUT2D eigenvalue weighted by Crippen LogP contribution is -2.47. The van der Waals surface area contributed by atoms with Crippen molar-refractivity contribution in [2.75, 3.05) is 13.1 Å². The van der Waals surface area contributed by atoms with Crippen LogP contribution in [-0.2, 0) is 0 Å². The molecule has 0 aromatic heterocycles. The van der Waals surface area contributed by atoms with Crippen LogP contribution in [0.2, 0.25) is 0 Å². The molecule has 3 N–H and O–H groups in total. The van der Waals surface area contributed by atoms with E-state index in [0.717, 1.165) is 38.0 Å². The van der Waals surface area contributed by atoms with E-state index in [-0.39, 0.29) is 0 Å². The quantitative estimate of drug-likeness (QED) is 0.669. The summed E-state index contributed by atoms with van der Waals surface area (Å²) in [6.07, 6.45) is 6.03. The van der Waals surface area contributed by atoms with E-state index in [1.54, 1.807) is 0 Å². The molecule has 1 saturated carbocycles. The highest BCUT2D eigenvalue weighted by molar-refractivity contribution is 4.88. The first-order valence-corrected chi connectivity index (χ1v) is 7.06. The Morgan fingerprint density at radius 3 is 2.35 bits per heavy atom. The molecule has 0 radical (unpaired) electrons. The average molecular weight is 243 g/mol. The van der Waals surface area contributed by atoms with E-state index < -0.39 is 11.2 Å². The first-order chi connectivity index (χ1) is 7.91. The molecule has 0 spiro atoms. The Labute approximate surface area is 106 Å². The van der Waals surface area contributed by atoms with Gasteiger partial charge in [-0.1, -0.05) is 20.3 Å². The smallest absolute Gasteiger partial charge is 0.0771 e. The van der Waals surface area contributed by atoms with Crippen molar-refractivity contribution >= 4 is 0 Å². The molecule has 1 unspecified atom stereocenters. The summed E-state index contributed by atoms with van der Waals surface area (Å²) in [4.78, 5) is 0. The lowest BCUT2D eigenvalue weighted by Gasteiger charge is -2.36. The van der Waals surface area contributed by atoms with Crippen LogP contribution in [0.3, 0.4) is 0 Å². The Hall–Kier alpha value is -0.120. The molecule has 0 saturated heterocycles. The molecule has 1 fully saturated rings. The molecule has 0 bridgehead atoms. The maximum absolute atomic E-state index is 10.4. The van der Waals surface area contributed by atoms with Crippen LogP contribution in [0, 0.1) is 5.92 Å². The van der Waals surface area contributed by atoms with E-state index in [1.807, 2.05) is 13.8 Å². The summed E-state index contributed by atoms with van der Waals surface area (Å²) < 4.78 is 0. The van der Waals surface area contributed by atoms with E-state index in [0.29, 0.717) is 13.1 Å².